The van der Waals surface area contributed by atoms with Gasteiger partial charge in [-0.3, -0.25) is 4.79 Å². The molecule has 0 spiro atoms. The number of likely N-dealkylation sites (N-methyl/N-ethyl adjacent to an activating group) is 1. The van der Waals surface area contributed by atoms with Gasteiger partial charge < -0.3 is 20.7 Å². The van der Waals surface area contributed by atoms with Crippen LogP contribution in [0.3, 0.4) is 0 Å². The van der Waals surface area contributed by atoms with Crippen molar-refractivity contribution in [2.75, 3.05) is 20.2 Å². The predicted molar refractivity (Wildman–Crippen MR) is 81.6 cm³/mol. The number of amides is 1. The number of hydrogen-bond donors (Lipinski definition) is 2. The van der Waals surface area contributed by atoms with Crippen molar-refractivity contribution in [3.05, 3.63) is 0 Å². The highest BCUT2D eigenvalue weighted by Crippen LogP contribution is 2.19. The van der Waals surface area contributed by atoms with Crippen molar-refractivity contribution >= 4 is 5.91 Å². The molecule has 1 heterocycles. The summed E-state index contributed by atoms with van der Waals surface area (Å²) in [6.45, 7) is 9.88. The SMILES string of the molecule is CC(C)NC(C)(CC(C)N(C)CC1CCCO1)C(N)=O. The number of carbonyl (C=O) groups is 1. The lowest BCUT2D eigenvalue weighted by molar-refractivity contribution is -0.124. The fourth-order valence-electron chi connectivity index (χ4n) is 2.90. The summed E-state index contributed by atoms with van der Waals surface area (Å²) < 4.78 is 5.67. The molecule has 5 heteroatoms. The smallest absolute Gasteiger partial charge is 0.237 e. The predicted octanol–water partition coefficient (Wildman–Crippen LogP) is 1.12. The van der Waals surface area contributed by atoms with E-state index >= 15 is 0 Å². The summed E-state index contributed by atoms with van der Waals surface area (Å²) in [7, 11) is 2.09. The number of nitrogens with one attached hydrogen (secondary N) is 1. The van der Waals surface area contributed by atoms with Gasteiger partial charge in [-0.2, -0.15) is 0 Å². The van der Waals surface area contributed by atoms with E-state index < -0.39 is 5.54 Å². The molecule has 118 valence electrons. The molecule has 3 atom stereocenters. The van der Waals surface area contributed by atoms with Crippen LogP contribution in [0.5, 0.6) is 0 Å². The average Bonchev–Trinajstić information content (AvgIpc) is 2.80. The summed E-state index contributed by atoms with van der Waals surface area (Å²) in [4.78, 5) is 14.0. The molecule has 0 aliphatic carbocycles. The Bertz CT molecular complexity index is 316. The van der Waals surface area contributed by atoms with Crippen LogP contribution in [0.25, 0.3) is 0 Å². The fourth-order valence-corrected chi connectivity index (χ4v) is 2.90. The maximum atomic E-state index is 11.8. The van der Waals surface area contributed by atoms with Gasteiger partial charge in [0.05, 0.1) is 11.6 Å². The highest BCUT2D eigenvalue weighted by molar-refractivity contribution is 5.84. The summed E-state index contributed by atoms with van der Waals surface area (Å²) >= 11 is 0. The molecule has 3 N–H and O–H groups in total. The molecule has 20 heavy (non-hydrogen) atoms. The Morgan fingerprint density at radius 2 is 2.15 bits per heavy atom. The monoisotopic (exact) mass is 285 g/mol. The zero-order valence-corrected chi connectivity index (χ0v) is 13.6. The Kier molecular flexibility index (Phi) is 6.43. The van der Waals surface area contributed by atoms with Gasteiger partial charge >= 0.3 is 0 Å². The third kappa shape index (κ3) is 5.04. The van der Waals surface area contributed by atoms with Gasteiger partial charge in [-0.15, -0.1) is 0 Å². The molecule has 0 saturated carbocycles. The maximum absolute atomic E-state index is 11.8. The van der Waals surface area contributed by atoms with E-state index in [2.05, 4.69) is 24.2 Å². The molecule has 1 fully saturated rings. The molecular weight excluding hydrogens is 254 g/mol. The molecule has 0 aromatic heterocycles. The number of carbonyl (C=O) groups excluding carboxylic acids is 1. The first-order chi connectivity index (χ1) is 9.24. The topological polar surface area (TPSA) is 67.6 Å². The Morgan fingerprint density at radius 1 is 1.50 bits per heavy atom. The van der Waals surface area contributed by atoms with Crippen molar-refractivity contribution in [1.29, 1.82) is 0 Å². The van der Waals surface area contributed by atoms with Gasteiger partial charge in [-0.1, -0.05) is 0 Å². The summed E-state index contributed by atoms with van der Waals surface area (Å²) in [6, 6.07) is 0.492. The summed E-state index contributed by atoms with van der Waals surface area (Å²) in [5, 5.41) is 3.30. The first-order valence-corrected chi connectivity index (χ1v) is 7.64. The van der Waals surface area contributed by atoms with Crippen molar-refractivity contribution in [2.45, 2.75) is 70.7 Å². The third-order valence-corrected chi connectivity index (χ3v) is 4.12. The second kappa shape index (κ2) is 7.38. The lowest BCUT2D eigenvalue weighted by atomic mass is 9.91. The van der Waals surface area contributed by atoms with Crippen LogP contribution in [0.2, 0.25) is 0 Å². The third-order valence-electron chi connectivity index (χ3n) is 4.12. The first kappa shape index (κ1) is 17.4. The molecular formula is C15H31N3O2. The van der Waals surface area contributed by atoms with Crippen LogP contribution in [0, 0.1) is 0 Å². The number of hydrogen-bond acceptors (Lipinski definition) is 4. The van der Waals surface area contributed by atoms with Crippen LogP contribution in [-0.2, 0) is 9.53 Å². The quantitative estimate of drug-likeness (QED) is 0.701. The Hall–Kier alpha value is -0.650. The van der Waals surface area contributed by atoms with Crippen LogP contribution in [0.4, 0.5) is 0 Å². The molecule has 0 bridgehead atoms. The second-order valence-corrected chi connectivity index (χ2v) is 6.62. The second-order valence-electron chi connectivity index (χ2n) is 6.62. The largest absolute Gasteiger partial charge is 0.377 e. The van der Waals surface area contributed by atoms with Gasteiger partial charge in [0.15, 0.2) is 0 Å². The highest BCUT2D eigenvalue weighted by atomic mass is 16.5. The van der Waals surface area contributed by atoms with Crippen molar-refractivity contribution < 1.29 is 9.53 Å². The molecule has 0 aromatic rings. The Balaban J connectivity index is 2.55. The van der Waals surface area contributed by atoms with E-state index in [9.17, 15) is 4.79 Å². The molecule has 1 saturated heterocycles. The van der Waals surface area contributed by atoms with Gasteiger partial charge in [0.1, 0.15) is 0 Å². The van der Waals surface area contributed by atoms with Gasteiger partial charge in [-0.25, -0.2) is 0 Å². The number of ether oxygens (including phenoxy) is 1. The van der Waals surface area contributed by atoms with Crippen LogP contribution in [-0.4, -0.2) is 54.7 Å². The molecule has 0 radical (unpaired) electrons. The first-order valence-electron chi connectivity index (χ1n) is 7.64. The van der Waals surface area contributed by atoms with Gasteiger partial charge in [0, 0.05) is 25.2 Å². The minimum absolute atomic E-state index is 0.225. The summed E-state index contributed by atoms with van der Waals surface area (Å²) in [6.07, 6.45) is 3.32. The summed E-state index contributed by atoms with van der Waals surface area (Å²) in [5.74, 6) is -0.288. The van der Waals surface area contributed by atoms with Crippen LogP contribution < -0.4 is 11.1 Å². The Labute approximate surface area is 123 Å². The lowest BCUT2D eigenvalue weighted by Gasteiger charge is -2.36. The van der Waals surface area contributed by atoms with Crippen molar-refractivity contribution in [3.63, 3.8) is 0 Å². The van der Waals surface area contributed by atoms with E-state index in [1.54, 1.807) is 0 Å². The fraction of sp³-hybridized carbons (Fsp3) is 0.933. The molecule has 1 amide bonds. The normalized spacial score (nSPS) is 24.1. The van der Waals surface area contributed by atoms with Crippen LogP contribution in [0.15, 0.2) is 0 Å². The van der Waals surface area contributed by atoms with E-state index in [1.807, 2.05) is 20.8 Å². The molecule has 1 aliphatic heterocycles. The van der Waals surface area contributed by atoms with Crippen molar-refractivity contribution in [1.82, 2.24) is 10.2 Å². The minimum atomic E-state index is -0.668. The van der Waals surface area contributed by atoms with Crippen molar-refractivity contribution in [2.24, 2.45) is 5.73 Å². The molecule has 3 unspecified atom stereocenters. The standard InChI is InChI=1S/C15H31N3O2/c1-11(2)17-15(4,14(16)19)9-12(3)18(5)10-13-7-6-8-20-13/h11-13,17H,6-10H2,1-5H3,(H2,16,19). The van der Waals surface area contributed by atoms with E-state index in [4.69, 9.17) is 10.5 Å². The maximum Gasteiger partial charge on any atom is 0.237 e. The van der Waals surface area contributed by atoms with Crippen molar-refractivity contribution in [3.8, 4) is 0 Å². The highest BCUT2D eigenvalue weighted by Gasteiger charge is 2.34. The molecule has 0 aromatic carbocycles. The van der Waals surface area contributed by atoms with E-state index in [1.165, 1.54) is 0 Å². The molecule has 1 rings (SSSR count). The summed E-state index contributed by atoms with van der Waals surface area (Å²) in [5.41, 5.74) is 4.92. The van der Waals surface area contributed by atoms with E-state index in [0.717, 1.165) is 26.0 Å². The number of rotatable bonds is 8. The Morgan fingerprint density at radius 3 is 2.60 bits per heavy atom. The van der Waals surface area contributed by atoms with E-state index in [0.29, 0.717) is 12.5 Å². The van der Waals surface area contributed by atoms with Crippen LogP contribution >= 0.6 is 0 Å². The van der Waals surface area contributed by atoms with Gasteiger partial charge in [-0.05, 0) is 54.0 Å². The zero-order chi connectivity index (χ0) is 15.3. The lowest BCUT2D eigenvalue weighted by Crippen LogP contribution is -2.58. The van der Waals surface area contributed by atoms with Crippen LogP contribution in [0.1, 0.15) is 47.0 Å². The molecule has 1 aliphatic rings. The number of nitrogens with two attached hydrogens (primary N) is 1. The number of primary amides is 1. The molecule has 5 nitrogen and oxygen atoms in total. The van der Waals surface area contributed by atoms with Gasteiger partial charge in [0.2, 0.25) is 5.91 Å². The van der Waals surface area contributed by atoms with E-state index in [-0.39, 0.29) is 18.0 Å². The average molecular weight is 285 g/mol. The minimum Gasteiger partial charge on any atom is -0.377 e. The number of nitrogens with zero attached hydrogens (tertiary/aromatic N) is 1. The van der Waals surface area contributed by atoms with Gasteiger partial charge in [0.25, 0.3) is 0 Å². The zero-order valence-electron chi connectivity index (χ0n) is 13.6.